The number of carbonyl (C=O) groups is 1. The number of piperidine rings is 1. The molecule has 0 radical (unpaired) electrons. The average molecular weight is 317 g/mol. The van der Waals surface area contributed by atoms with E-state index >= 15 is 0 Å². The van der Waals surface area contributed by atoms with Crippen molar-refractivity contribution in [3.05, 3.63) is 21.9 Å². The Hall–Kier alpha value is -1.52. The molecule has 114 valence electrons. The predicted molar refractivity (Wildman–Crippen MR) is 73.0 cm³/mol. The summed E-state index contributed by atoms with van der Waals surface area (Å²) < 4.78 is 38.2. The second kappa shape index (κ2) is 6.50. The van der Waals surface area contributed by atoms with Gasteiger partial charge in [0.2, 0.25) is 0 Å². The Balaban J connectivity index is 2.07. The highest BCUT2D eigenvalue weighted by atomic mass is 32.1. The molecule has 1 fully saturated rings. The topological polar surface area (TPSA) is 40.5 Å². The summed E-state index contributed by atoms with van der Waals surface area (Å²) in [5.74, 6) is 3.31. The van der Waals surface area contributed by atoms with Gasteiger partial charge in [0, 0.05) is 13.1 Å². The van der Waals surface area contributed by atoms with Gasteiger partial charge in [-0.15, -0.1) is 11.3 Å². The molecule has 0 aromatic carbocycles. The highest BCUT2D eigenvalue weighted by Gasteiger charge is 2.42. The number of rotatable bonds is 1. The number of hydrogen-bond donors (Lipinski definition) is 1. The summed E-state index contributed by atoms with van der Waals surface area (Å²) in [6.07, 6.45) is -3.82. The molecule has 0 spiro atoms. The van der Waals surface area contributed by atoms with E-state index < -0.39 is 12.1 Å². The lowest BCUT2D eigenvalue weighted by molar-refractivity contribution is -0.184. The van der Waals surface area contributed by atoms with Crippen LogP contribution in [0.3, 0.4) is 0 Å². The average Bonchev–Trinajstić information content (AvgIpc) is 2.92. The van der Waals surface area contributed by atoms with Crippen molar-refractivity contribution in [2.75, 3.05) is 19.7 Å². The van der Waals surface area contributed by atoms with Crippen LogP contribution in [-0.2, 0) is 0 Å². The third-order valence-electron chi connectivity index (χ3n) is 3.28. The summed E-state index contributed by atoms with van der Waals surface area (Å²) in [5, 5.41) is 8.60. The molecule has 3 nitrogen and oxygen atoms in total. The molecular formula is C14H14F3NO2S. The number of aliphatic hydroxyl groups is 1. The molecule has 1 unspecified atom stereocenters. The minimum absolute atomic E-state index is 0.0744. The number of amides is 1. The molecule has 1 aromatic rings. The Labute approximate surface area is 124 Å². The van der Waals surface area contributed by atoms with Gasteiger partial charge in [-0.25, -0.2) is 0 Å². The van der Waals surface area contributed by atoms with Gasteiger partial charge >= 0.3 is 6.18 Å². The molecule has 1 aliphatic rings. The van der Waals surface area contributed by atoms with Gasteiger partial charge in [0.05, 0.1) is 15.7 Å². The van der Waals surface area contributed by atoms with E-state index in [1.165, 1.54) is 4.90 Å². The number of carbonyl (C=O) groups excluding carboxylic acids is 1. The summed E-state index contributed by atoms with van der Waals surface area (Å²) in [6, 6.07) is 3.19. The van der Waals surface area contributed by atoms with Gasteiger partial charge < -0.3 is 10.0 Å². The van der Waals surface area contributed by atoms with Gasteiger partial charge in [-0.2, -0.15) is 13.2 Å². The van der Waals surface area contributed by atoms with Crippen LogP contribution in [0.2, 0.25) is 0 Å². The van der Waals surface area contributed by atoms with Gasteiger partial charge in [-0.3, -0.25) is 4.79 Å². The van der Waals surface area contributed by atoms with Crippen LogP contribution in [0.4, 0.5) is 13.2 Å². The normalized spacial score (nSPS) is 19.0. The fourth-order valence-electron chi connectivity index (χ4n) is 2.23. The lowest BCUT2D eigenvalue weighted by Gasteiger charge is -2.33. The van der Waals surface area contributed by atoms with Gasteiger partial charge in [-0.1, -0.05) is 11.8 Å². The van der Waals surface area contributed by atoms with Gasteiger partial charge in [0.1, 0.15) is 6.61 Å². The monoisotopic (exact) mass is 317 g/mol. The first-order valence-corrected chi connectivity index (χ1v) is 7.29. The third kappa shape index (κ3) is 3.99. The Kier molecular flexibility index (Phi) is 4.91. The quantitative estimate of drug-likeness (QED) is 0.809. The van der Waals surface area contributed by atoms with Crippen molar-refractivity contribution >= 4 is 17.2 Å². The second-order valence-corrected chi connectivity index (χ2v) is 5.84. The van der Waals surface area contributed by atoms with Gasteiger partial charge in [0.15, 0.2) is 0 Å². The van der Waals surface area contributed by atoms with Crippen molar-refractivity contribution in [3.8, 4) is 11.8 Å². The highest BCUT2D eigenvalue weighted by Crippen LogP contribution is 2.33. The fourth-order valence-corrected chi connectivity index (χ4v) is 3.08. The standard InChI is InChI=1S/C14H14F3NO2S/c15-14(16,17)10-3-1-7-18(9-10)13(20)12-6-5-11(21-12)4-2-8-19/h5-6,10,19H,1,3,7-9H2. The Morgan fingerprint density at radius 1 is 1.48 bits per heavy atom. The van der Waals surface area contributed by atoms with Crippen molar-refractivity contribution in [1.29, 1.82) is 0 Å². The Morgan fingerprint density at radius 2 is 2.24 bits per heavy atom. The smallest absolute Gasteiger partial charge is 0.384 e. The number of likely N-dealkylation sites (tertiary alicyclic amines) is 1. The maximum Gasteiger partial charge on any atom is 0.393 e. The van der Waals surface area contributed by atoms with Crippen LogP contribution in [0.1, 0.15) is 27.4 Å². The van der Waals surface area contributed by atoms with Crippen LogP contribution in [0.15, 0.2) is 12.1 Å². The number of hydrogen-bond acceptors (Lipinski definition) is 3. The molecule has 21 heavy (non-hydrogen) atoms. The first kappa shape index (κ1) is 15.9. The van der Waals surface area contributed by atoms with E-state index in [0.29, 0.717) is 22.7 Å². The highest BCUT2D eigenvalue weighted by molar-refractivity contribution is 7.14. The summed E-state index contributed by atoms with van der Waals surface area (Å²) in [4.78, 5) is 14.5. The number of halogens is 3. The van der Waals surface area contributed by atoms with Crippen molar-refractivity contribution in [2.24, 2.45) is 5.92 Å². The minimum atomic E-state index is -4.26. The summed E-state index contributed by atoms with van der Waals surface area (Å²) in [6.45, 7) is -0.209. The molecule has 1 aromatic heterocycles. The SMILES string of the molecule is O=C(c1ccc(C#CCO)s1)N1CCCC(C(F)(F)F)C1. The van der Waals surface area contributed by atoms with Crippen LogP contribution in [0.25, 0.3) is 0 Å². The number of alkyl halides is 3. The minimum Gasteiger partial charge on any atom is -0.384 e. The van der Waals surface area contributed by atoms with Crippen molar-refractivity contribution in [1.82, 2.24) is 4.90 Å². The fraction of sp³-hybridized carbons (Fsp3) is 0.500. The third-order valence-corrected chi connectivity index (χ3v) is 4.27. The van der Waals surface area contributed by atoms with Crippen LogP contribution in [0.5, 0.6) is 0 Å². The van der Waals surface area contributed by atoms with Gasteiger partial charge in [0.25, 0.3) is 5.91 Å². The molecule has 1 N–H and O–H groups in total. The largest absolute Gasteiger partial charge is 0.393 e. The van der Waals surface area contributed by atoms with Crippen molar-refractivity contribution < 1.29 is 23.1 Å². The van der Waals surface area contributed by atoms with Crippen LogP contribution in [0, 0.1) is 17.8 Å². The van der Waals surface area contributed by atoms with E-state index in [0.717, 1.165) is 11.3 Å². The Morgan fingerprint density at radius 3 is 2.90 bits per heavy atom. The van der Waals surface area contributed by atoms with E-state index in [-0.39, 0.29) is 25.5 Å². The predicted octanol–water partition coefficient (Wildman–Crippen LogP) is 2.51. The molecular weight excluding hydrogens is 303 g/mol. The maximum absolute atomic E-state index is 12.7. The van der Waals surface area contributed by atoms with Crippen LogP contribution >= 0.6 is 11.3 Å². The lowest BCUT2D eigenvalue weighted by Crippen LogP contribution is -2.44. The zero-order valence-electron chi connectivity index (χ0n) is 11.1. The second-order valence-electron chi connectivity index (χ2n) is 4.76. The Bertz CT molecular complexity index is 571. The number of aliphatic hydroxyl groups excluding tert-OH is 1. The van der Waals surface area contributed by atoms with E-state index in [4.69, 9.17) is 5.11 Å². The van der Waals surface area contributed by atoms with Crippen molar-refractivity contribution in [3.63, 3.8) is 0 Å². The van der Waals surface area contributed by atoms with Gasteiger partial charge in [-0.05, 0) is 25.0 Å². The zero-order chi connectivity index (χ0) is 15.5. The molecule has 0 aliphatic carbocycles. The molecule has 0 saturated carbocycles. The molecule has 2 heterocycles. The van der Waals surface area contributed by atoms with Crippen LogP contribution < -0.4 is 0 Å². The molecule has 1 atom stereocenters. The lowest BCUT2D eigenvalue weighted by atomic mass is 9.97. The molecule has 1 saturated heterocycles. The zero-order valence-corrected chi connectivity index (χ0v) is 11.9. The van der Waals surface area contributed by atoms with E-state index in [1.807, 2.05) is 0 Å². The summed E-state index contributed by atoms with van der Waals surface area (Å²) in [7, 11) is 0. The number of nitrogens with zero attached hydrogens (tertiary/aromatic N) is 1. The van der Waals surface area contributed by atoms with Crippen molar-refractivity contribution in [2.45, 2.75) is 19.0 Å². The molecule has 0 bridgehead atoms. The van der Waals surface area contributed by atoms with E-state index in [9.17, 15) is 18.0 Å². The molecule has 1 amide bonds. The first-order valence-electron chi connectivity index (χ1n) is 6.47. The summed E-state index contributed by atoms with van der Waals surface area (Å²) in [5.41, 5.74) is 0. The van der Waals surface area contributed by atoms with E-state index in [2.05, 4.69) is 11.8 Å². The molecule has 2 rings (SSSR count). The maximum atomic E-state index is 12.7. The van der Waals surface area contributed by atoms with E-state index in [1.54, 1.807) is 12.1 Å². The molecule has 1 aliphatic heterocycles. The first-order chi connectivity index (χ1) is 9.91. The molecule has 7 heteroatoms. The van der Waals surface area contributed by atoms with Crippen LogP contribution in [-0.4, -0.2) is 41.8 Å². The summed E-state index contributed by atoms with van der Waals surface area (Å²) >= 11 is 1.13. The number of thiophene rings is 1.